The number of primary amides is 1. The minimum Gasteiger partial charge on any atom is -0.511 e. The van der Waals surface area contributed by atoms with E-state index in [2.05, 4.69) is 5.32 Å². The van der Waals surface area contributed by atoms with Gasteiger partial charge in [-0.15, -0.1) is 0 Å². The number of fused-ring (bicyclic) bond motifs is 3. The second-order valence-corrected chi connectivity index (χ2v) is 10.6. The number of rotatable bonds is 3. The zero-order valence-corrected chi connectivity index (χ0v) is 19.9. The van der Waals surface area contributed by atoms with Crippen LogP contribution in [0.25, 0.3) is 0 Å². The van der Waals surface area contributed by atoms with E-state index in [-0.39, 0.29) is 48.4 Å². The smallest absolute Gasteiger partial charge is 0.255 e. The summed E-state index contributed by atoms with van der Waals surface area (Å²) in [7, 11) is 0. The van der Waals surface area contributed by atoms with Crippen molar-refractivity contribution in [2.75, 3.05) is 0 Å². The molecule has 0 radical (unpaired) electrons. The van der Waals surface area contributed by atoms with Gasteiger partial charge in [-0.05, 0) is 24.8 Å². The number of hydrogen-bond acceptors (Lipinski definition) is 8. The van der Waals surface area contributed by atoms with Gasteiger partial charge < -0.3 is 31.5 Å². The van der Waals surface area contributed by atoms with E-state index in [9.17, 15) is 39.6 Å². The minimum absolute atomic E-state index is 0.0415. The van der Waals surface area contributed by atoms with Gasteiger partial charge in [0.15, 0.2) is 11.4 Å². The number of phenols is 1. The van der Waals surface area contributed by atoms with E-state index in [1.54, 1.807) is 20.8 Å². The number of nitrogens with two attached hydrogens (primary N) is 1. The van der Waals surface area contributed by atoms with Crippen molar-refractivity contribution in [3.8, 4) is 5.75 Å². The van der Waals surface area contributed by atoms with Gasteiger partial charge in [-0.2, -0.15) is 0 Å². The highest BCUT2D eigenvalue weighted by molar-refractivity contribution is 6.24. The molecule has 3 aliphatic rings. The molecule has 0 saturated heterocycles. The fourth-order valence-corrected chi connectivity index (χ4v) is 5.29. The summed E-state index contributed by atoms with van der Waals surface area (Å²) in [6.07, 6.45) is -0.634. The van der Waals surface area contributed by atoms with Crippen LogP contribution in [0.2, 0.25) is 0 Å². The lowest BCUT2D eigenvalue weighted by atomic mass is 9.60. The maximum Gasteiger partial charge on any atom is 0.255 e. The third-order valence-electron chi connectivity index (χ3n) is 7.19. The first-order chi connectivity index (χ1) is 16.6. The van der Waals surface area contributed by atoms with Crippen molar-refractivity contribution in [2.24, 2.45) is 23.0 Å². The number of amides is 2. The second-order valence-electron chi connectivity index (χ2n) is 10.6. The number of benzene rings is 1. The Morgan fingerprint density at radius 3 is 2.42 bits per heavy atom. The van der Waals surface area contributed by atoms with Crippen molar-refractivity contribution in [2.45, 2.75) is 52.2 Å². The first-order valence-electron chi connectivity index (χ1n) is 11.4. The van der Waals surface area contributed by atoms with Crippen molar-refractivity contribution >= 4 is 23.4 Å². The van der Waals surface area contributed by atoms with Crippen LogP contribution < -0.4 is 11.1 Å². The van der Waals surface area contributed by atoms with Crippen LogP contribution in [0.15, 0.2) is 28.7 Å². The standard InChI is InChI=1S/C25H27FN2O8/c1-24(2,3)23(35)28-8-10-6-13(29)16-12(18(10)26)5-9-4-11-7-14(30)17(22(27)34)21(33)25(11,36)20(32)15(9)19(16)31/h6,9,11,29-30,32,36H,4-5,7-8H2,1-3H3,(H2,27,34)(H,28,35)/t9?,11-,25-/m0/s1. The zero-order chi connectivity index (χ0) is 26.9. The van der Waals surface area contributed by atoms with Gasteiger partial charge in [-0.25, -0.2) is 4.39 Å². The van der Waals surface area contributed by atoms with E-state index >= 15 is 4.39 Å². The SMILES string of the molecule is CC(C)(C)C(=O)NCc1cc(O)c2c(c1F)CC1C[C@H]3CC(O)=C(C(N)=O)C(=O)[C@@]3(O)C(O)=C1C2=O. The normalized spacial score (nSPS) is 25.8. The highest BCUT2D eigenvalue weighted by atomic mass is 19.1. The maximum absolute atomic E-state index is 15.5. The van der Waals surface area contributed by atoms with Crippen LogP contribution in [-0.4, -0.2) is 49.4 Å². The van der Waals surface area contributed by atoms with Crippen molar-refractivity contribution < 1.29 is 44.0 Å². The summed E-state index contributed by atoms with van der Waals surface area (Å²) in [4.78, 5) is 50.1. The molecule has 10 nitrogen and oxygen atoms in total. The Balaban J connectivity index is 1.78. The molecule has 0 aromatic heterocycles. The first kappa shape index (κ1) is 25.4. The summed E-state index contributed by atoms with van der Waals surface area (Å²) in [6.45, 7) is 4.81. The van der Waals surface area contributed by atoms with Crippen molar-refractivity contribution in [1.82, 2.24) is 5.32 Å². The van der Waals surface area contributed by atoms with Crippen LogP contribution in [0, 0.1) is 23.1 Å². The zero-order valence-electron chi connectivity index (χ0n) is 19.9. The van der Waals surface area contributed by atoms with E-state index in [0.717, 1.165) is 6.07 Å². The number of aliphatic hydroxyl groups excluding tert-OH is 2. The number of aliphatic hydroxyl groups is 3. The van der Waals surface area contributed by atoms with Gasteiger partial charge in [0, 0.05) is 41.0 Å². The minimum atomic E-state index is -2.68. The van der Waals surface area contributed by atoms with Crippen LogP contribution in [0.5, 0.6) is 5.75 Å². The molecule has 3 atom stereocenters. The number of Topliss-reactive ketones (excluding diaryl/α,β-unsaturated/α-hetero) is 2. The van der Waals surface area contributed by atoms with Crippen LogP contribution in [0.1, 0.15) is 55.1 Å². The van der Waals surface area contributed by atoms with Crippen LogP contribution in [-0.2, 0) is 27.3 Å². The molecule has 0 bridgehead atoms. The molecule has 0 spiro atoms. The molecular weight excluding hydrogens is 475 g/mol. The number of aromatic hydroxyl groups is 1. The summed E-state index contributed by atoms with van der Waals surface area (Å²) in [5.74, 6) is -8.93. The number of halogens is 1. The van der Waals surface area contributed by atoms with Crippen LogP contribution >= 0.6 is 0 Å². The van der Waals surface area contributed by atoms with Crippen molar-refractivity contribution in [1.29, 1.82) is 0 Å². The molecule has 1 unspecified atom stereocenters. The van der Waals surface area contributed by atoms with Crippen molar-refractivity contribution in [3.05, 3.63) is 51.2 Å². The number of allylic oxidation sites excluding steroid dienone is 2. The molecule has 0 saturated carbocycles. The molecular formula is C25H27FN2O8. The predicted octanol–water partition coefficient (Wildman–Crippen LogP) is 1.38. The molecule has 192 valence electrons. The molecule has 0 aliphatic heterocycles. The summed E-state index contributed by atoms with van der Waals surface area (Å²) < 4.78 is 15.5. The molecule has 1 aromatic rings. The average Bonchev–Trinajstić information content (AvgIpc) is 2.76. The van der Waals surface area contributed by atoms with Gasteiger partial charge in [0.25, 0.3) is 5.91 Å². The van der Waals surface area contributed by atoms with Crippen LogP contribution in [0.3, 0.4) is 0 Å². The molecule has 36 heavy (non-hydrogen) atoms. The Bertz CT molecular complexity index is 1310. The van der Waals surface area contributed by atoms with Gasteiger partial charge in [0.2, 0.25) is 11.7 Å². The monoisotopic (exact) mass is 502 g/mol. The third-order valence-corrected chi connectivity index (χ3v) is 7.19. The second kappa shape index (κ2) is 8.16. The highest BCUT2D eigenvalue weighted by Gasteiger charge is 2.59. The van der Waals surface area contributed by atoms with E-state index in [0.29, 0.717) is 0 Å². The van der Waals surface area contributed by atoms with Gasteiger partial charge in [0.05, 0.1) is 5.56 Å². The van der Waals surface area contributed by atoms with E-state index in [4.69, 9.17) is 5.73 Å². The summed E-state index contributed by atoms with van der Waals surface area (Å²) in [5, 5.41) is 45.5. The van der Waals surface area contributed by atoms with Gasteiger partial charge >= 0.3 is 0 Å². The fourth-order valence-electron chi connectivity index (χ4n) is 5.29. The third kappa shape index (κ3) is 3.57. The molecule has 0 fully saturated rings. The predicted molar refractivity (Wildman–Crippen MR) is 122 cm³/mol. The first-order valence-corrected chi connectivity index (χ1v) is 11.4. The van der Waals surface area contributed by atoms with Gasteiger partial charge in [0.1, 0.15) is 28.7 Å². The quantitative estimate of drug-likeness (QED) is 0.334. The van der Waals surface area contributed by atoms with Gasteiger partial charge in [-0.1, -0.05) is 20.8 Å². The molecule has 3 aliphatic carbocycles. The lowest BCUT2D eigenvalue weighted by Crippen LogP contribution is -2.57. The largest absolute Gasteiger partial charge is 0.511 e. The Morgan fingerprint density at radius 2 is 1.83 bits per heavy atom. The average molecular weight is 502 g/mol. The Kier molecular flexibility index (Phi) is 5.75. The molecule has 7 N–H and O–H groups in total. The number of hydrogen-bond donors (Lipinski definition) is 6. The summed E-state index contributed by atoms with van der Waals surface area (Å²) in [6, 6.07) is 1.00. The number of nitrogens with one attached hydrogen (secondary N) is 1. The number of carbonyl (C=O) groups is 4. The Morgan fingerprint density at radius 1 is 1.19 bits per heavy atom. The number of phenolic OH excluding ortho intramolecular Hbond substituents is 1. The van der Waals surface area contributed by atoms with E-state index in [1.165, 1.54) is 0 Å². The molecule has 4 rings (SSSR count). The maximum atomic E-state index is 15.5. The van der Waals surface area contributed by atoms with Crippen molar-refractivity contribution in [3.63, 3.8) is 0 Å². The molecule has 2 amide bonds. The Hall–Kier alpha value is -3.73. The number of carbonyl (C=O) groups excluding carboxylic acids is 4. The fraction of sp³-hybridized carbons (Fsp3) is 0.440. The Labute approximate surface area is 205 Å². The molecule has 0 heterocycles. The lowest BCUT2D eigenvalue weighted by molar-refractivity contribution is -0.144. The summed E-state index contributed by atoms with van der Waals surface area (Å²) in [5.41, 5.74) is -0.0671. The summed E-state index contributed by atoms with van der Waals surface area (Å²) >= 11 is 0. The van der Waals surface area contributed by atoms with Crippen LogP contribution in [0.4, 0.5) is 4.39 Å². The topological polar surface area (TPSA) is 187 Å². The lowest BCUT2D eigenvalue weighted by Gasteiger charge is -2.45. The molecule has 11 heteroatoms. The van der Waals surface area contributed by atoms with Gasteiger partial charge in [-0.3, -0.25) is 19.2 Å². The van der Waals surface area contributed by atoms with E-state index in [1.807, 2.05) is 0 Å². The van der Waals surface area contributed by atoms with E-state index < -0.39 is 74.5 Å². The highest BCUT2D eigenvalue weighted by Crippen LogP contribution is 2.51. The molecule has 1 aromatic carbocycles. The number of ketones is 2.